The Morgan fingerprint density at radius 1 is 1.22 bits per heavy atom. The van der Waals surface area contributed by atoms with Crippen LogP contribution in [0.5, 0.6) is 0 Å². The van der Waals surface area contributed by atoms with Crippen molar-refractivity contribution in [1.29, 1.82) is 0 Å². The molecular weight excluding hydrogens is 259 g/mol. The zero-order chi connectivity index (χ0) is 7.57. The minimum absolute atomic E-state index is 0.356. The van der Waals surface area contributed by atoms with Gasteiger partial charge in [-0.15, -0.1) is 0 Å². The zero-order valence-electron chi connectivity index (χ0n) is 4.99. The van der Waals surface area contributed by atoms with Crippen molar-refractivity contribution in [2.24, 2.45) is 0 Å². The van der Waals surface area contributed by atoms with Crippen LogP contribution in [0.3, 0.4) is 0 Å². The third kappa shape index (κ3) is 8.92. The first kappa shape index (κ1) is 9.92. The summed E-state index contributed by atoms with van der Waals surface area (Å²) in [6.07, 6.45) is 0.685. The molecule has 0 bridgehead atoms. The van der Waals surface area contributed by atoms with Crippen molar-refractivity contribution < 1.29 is 13.7 Å². The van der Waals surface area contributed by atoms with Gasteiger partial charge in [0.1, 0.15) is 0 Å². The van der Waals surface area contributed by atoms with Gasteiger partial charge in [0.2, 0.25) is 0 Å². The van der Waals surface area contributed by atoms with Gasteiger partial charge in [-0.2, -0.15) is 0 Å². The Morgan fingerprint density at radius 3 is 1.78 bits per heavy atom. The molecule has 0 atom stereocenters. The van der Waals surface area contributed by atoms with Crippen molar-refractivity contribution in [3.63, 3.8) is 0 Å². The molecule has 0 aromatic carbocycles. The first-order valence-electron chi connectivity index (χ1n) is 2.33. The molecule has 60 valence electrons. The van der Waals surface area contributed by atoms with E-state index in [2.05, 4.69) is 0 Å². The second-order valence-corrected chi connectivity index (χ2v) is 11.9. The quantitative estimate of drug-likeness (QED) is 0.553. The molecule has 0 amide bonds. The van der Waals surface area contributed by atoms with Crippen molar-refractivity contribution in [2.75, 3.05) is 5.75 Å². The van der Waals surface area contributed by atoms with Crippen LogP contribution in [0.2, 0.25) is 0 Å². The Hall–Kier alpha value is 0.920. The number of hydrogen-bond acceptors (Lipinski definition) is 5. The predicted octanol–water partition coefficient (Wildman–Crippen LogP) is 0.252. The molecule has 0 aliphatic rings. The Bertz CT molecular complexity index is 88.5. The molecule has 0 aliphatic carbocycles. The van der Waals surface area contributed by atoms with E-state index in [1.54, 1.807) is 0 Å². The molecule has 0 fully saturated rings. The summed E-state index contributed by atoms with van der Waals surface area (Å²) >= 11 is -5.75. The molecule has 0 radical (unpaired) electrons. The molecule has 0 aromatic heterocycles. The Labute approximate surface area is 59.2 Å². The van der Waals surface area contributed by atoms with Crippen LogP contribution in [0.1, 0.15) is 13.3 Å². The summed E-state index contributed by atoms with van der Waals surface area (Å²) < 4.78 is 33.7. The fourth-order valence-corrected chi connectivity index (χ4v) is 4.33. The topological polar surface area (TPSA) is 80.9 Å². The van der Waals surface area contributed by atoms with Gasteiger partial charge in [0, 0.05) is 0 Å². The standard InChI is InChI=1S/C3H11IO4S/c1-2-3-9-4(5,6,7)8/h5-8H,2-3H2,1H3. The summed E-state index contributed by atoms with van der Waals surface area (Å²) in [5, 5.41) is 0. The summed E-state index contributed by atoms with van der Waals surface area (Å²) in [7, 11) is 0.444. The summed E-state index contributed by atoms with van der Waals surface area (Å²) in [4.78, 5) is 0. The molecule has 6 heteroatoms. The van der Waals surface area contributed by atoms with E-state index in [1.807, 2.05) is 6.92 Å². The average Bonchev–Trinajstić information content (AvgIpc) is 1.57. The fourth-order valence-electron chi connectivity index (χ4n) is 0.215. The molecule has 0 unspecified atom stereocenters. The second-order valence-electron chi connectivity index (χ2n) is 1.54. The summed E-state index contributed by atoms with van der Waals surface area (Å²) in [5.74, 6) is 0.356. The van der Waals surface area contributed by atoms with E-state index in [0.29, 0.717) is 21.1 Å². The van der Waals surface area contributed by atoms with E-state index in [0.717, 1.165) is 0 Å². The number of rotatable bonds is 3. The Kier molecular flexibility index (Phi) is 3.18. The summed E-state index contributed by atoms with van der Waals surface area (Å²) in [5.41, 5.74) is 0. The number of halogens is 1. The maximum atomic E-state index is 8.43. The van der Waals surface area contributed by atoms with Crippen molar-refractivity contribution in [2.45, 2.75) is 13.3 Å². The van der Waals surface area contributed by atoms with Gasteiger partial charge >= 0.3 is 59.1 Å². The van der Waals surface area contributed by atoms with Gasteiger partial charge in [-0.05, 0) is 0 Å². The van der Waals surface area contributed by atoms with Crippen LogP contribution in [0, 0.1) is 0 Å². The molecule has 9 heavy (non-hydrogen) atoms. The number of hydrogen-bond donors (Lipinski definition) is 4. The molecule has 4 N–H and O–H groups in total. The molecule has 0 aromatic rings. The van der Waals surface area contributed by atoms with Crippen LogP contribution in [-0.4, -0.2) is 19.5 Å². The van der Waals surface area contributed by atoms with Crippen LogP contribution < -0.4 is 0 Å². The molecule has 0 spiro atoms. The van der Waals surface area contributed by atoms with E-state index in [1.165, 1.54) is 0 Å². The monoisotopic (exact) mass is 270 g/mol. The second kappa shape index (κ2) is 2.89. The van der Waals surface area contributed by atoms with Gasteiger partial charge in [0.25, 0.3) is 0 Å². The summed E-state index contributed by atoms with van der Waals surface area (Å²) in [6.45, 7) is 1.81. The van der Waals surface area contributed by atoms with Gasteiger partial charge < -0.3 is 0 Å². The Morgan fingerprint density at radius 2 is 1.67 bits per heavy atom. The first-order valence-corrected chi connectivity index (χ1v) is 9.71. The molecule has 0 rings (SSSR count). The van der Waals surface area contributed by atoms with Crippen molar-refractivity contribution in [3.05, 3.63) is 0 Å². The van der Waals surface area contributed by atoms with Gasteiger partial charge in [0.05, 0.1) is 0 Å². The van der Waals surface area contributed by atoms with Gasteiger partial charge in [-0.25, -0.2) is 0 Å². The average molecular weight is 270 g/mol. The summed E-state index contributed by atoms with van der Waals surface area (Å²) in [6, 6.07) is 0. The SMILES string of the molecule is CCCSI(O)(O)(O)O. The molecule has 0 saturated heterocycles. The minimum atomic E-state index is -5.75. The van der Waals surface area contributed by atoms with Crippen LogP contribution in [0.4, 0.5) is 0 Å². The van der Waals surface area contributed by atoms with Crippen LogP contribution in [0.25, 0.3) is 0 Å². The third-order valence-electron chi connectivity index (χ3n) is 0.476. The molecular formula is C3H11IO4S. The van der Waals surface area contributed by atoms with Crippen molar-refractivity contribution in [1.82, 2.24) is 0 Å². The maximum absolute atomic E-state index is 8.43. The Balaban J connectivity index is 3.60. The fraction of sp³-hybridized carbons (Fsp3) is 1.00. The van der Waals surface area contributed by atoms with E-state index in [4.69, 9.17) is 13.7 Å². The molecule has 0 aliphatic heterocycles. The predicted molar refractivity (Wildman–Crippen MR) is 45.6 cm³/mol. The molecule has 0 saturated carbocycles. The van der Waals surface area contributed by atoms with Crippen LogP contribution >= 0.6 is 26.3 Å². The van der Waals surface area contributed by atoms with E-state index in [-0.39, 0.29) is 0 Å². The third-order valence-corrected chi connectivity index (χ3v) is 6.09. The van der Waals surface area contributed by atoms with Gasteiger partial charge in [-0.3, -0.25) is 0 Å². The van der Waals surface area contributed by atoms with E-state index < -0.39 is 17.3 Å². The van der Waals surface area contributed by atoms with Crippen molar-refractivity contribution >= 4 is 26.3 Å². The van der Waals surface area contributed by atoms with Crippen LogP contribution in [-0.2, 0) is 0 Å². The first-order chi connectivity index (χ1) is 3.81. The van der Waals surface area contributed by atoms with Crippen LogP contribution in [0.15, 0.2) is 0 Å². The van der Waals surface area contributed by atoms with E-state index >= 15 is 0 Å². The molecule has 4 nitrogen and oxygen atoms in total. The normalized spacial score (nSPS) is 16.8. The van der Waals surface area contributed by atoms with Gasteiger partial charge in [0.15, 0.2) is 0 Å². The molecule has 0 heterocycles. The van der Waals surface area contributed by atoms with Gasteiger partial charge in [-0.1, -0.05) is 0 Å². The van der Waals surface area contributed by atoms with E-state index in [9.17, 15) is 0 Å². The van der Waals surface area contributed by atoms with Crippen molar-refractivity contribution in [3.8, 4) is 0 Å². The zero-order valence-corrected chi connectivity index (χ0v) is 7.96.